The number of benzene rings is 1. The maximum absolute atomic E-state index is 12.9. The van der Waals surface area contributed by atoms with Crippen LogP contribution in [0, 0.1) is 22.6 Å². The lowest BCUT2D eigenvalue weighted by atomic mass is 9.49. The Balaban J connectivity index is 2.26. The molecule has 17 heavy (non-hydrogen) atoms. The molecule has 0 aromatic heterocycles. The maximum atomic E-state index is 12.9. The van der Waals surface area contributed by atoms with Crippen molar-refractivity contribution in [3.8, 4) is 6.07 Å². The molecule has 0 spiro atoms. The first kappa shape index (κ1) is 12.1. The summed E-state index contributed by atoms with van der Waals surface area (Å²) in [6.45, 7) is 4.38. The molecule has 1 aliphatic rings. The number of rotatable bonds is 3. The van der Waals surface area contributed by atoms with Crippen LogP contribution in [0.2, 0.25) is 0 Å². The summed E-state index contributed by atoms with van der Waals surface area (Å²) in [5.41, 5.74) is 0.919. The SMILES string of the molecule is CCC1(CC)CC(C#N)(c2ccc(F)cc2)C1. The second-order valence-electron chi connectivity index (χ2n) is 5.26. The first-order chi connectivity index (χ1) is 8.10. The van der Waals surface area contributed by atoms with Gasteiger partial charge in [0.25, 0.3) is 0 Å². The average molecular weight is 231 g/mol. The van der Waals surface area contributed by atoms with Crippen molar-refractivity contribution in [3.63, 3.8) is 0 Å². The first-order valence-electron chi connectivity index (χ1n) is 6.27. The molecule has 1 aliphatic carbocycles. The Morgan fingerprint density at radius 3 is 2.12 bits per heavy atom. The van der Waals surface area contributed by atoms with Crippen molar-refractivity contribution in [1.29, 1.82) is 5.26 Å². The number of hydrogen-bond donors (Lipinski definition) is 0. The van der Waals surface area contributed by atoms with Crippen LogP contribution in [0.25, 0.3) is 0 Å². The Morgan fingerprint density at radius 2 is 1.71 bits per heavy atom. The van der Waals surface area contributed by atoms with Crippen LogP contribution in [0.5, 0.6) is 0 Å². The van der Waals surface area contributed by atoms with Gasteiger partial charge in [0.15, 0.2) is 0 Å². The fourth-order valence-corrected chi connectivity index (χ4v) is 3.10. The molecule has 2 heteroatoms. The van der Waals surface area contributed by atoms with Crippen LogP contribution in [0.15, 0.2) is 24.3 Å². The number of nitrogens with zero attached hydrogens (tertiary/aromatic N) is 1. The molecule has 1 aromatic carbocycles. The van der Waals surface area contributed by atoms with E-state index in [1.165, 1.54) is 12.1 Å². The number of nitriles is 1. The third kappa shape index (κ3) is 1.84. The summed E-state index contributed by atoms with van der Waals surface area (Å²) in [5, 5.41) is 9.44. The Bertz CT molecular complexity index is 429. The molecule has 1 aromatic rings. The molecule has 1 saturated carbocycles. The minimum absolute atomic E-state index is 0.238. The standard InChI is InChI=1S/C15H18FN/c1-3-14(4-2)9-15(10-14,11-17)12-5-7-13(16)8-6-12/h5-8H,3-4,9-10H2,1-2H3. The molecule has 1 fully saturated rings. The molecule has 2 rings (SSSR count). The van der Waals surface area contributed by atoms with E-state index in [0.717, 1.165) is 31.2 Å². The summed E-state index contributed by atoms with van der Waals surface area (Å²) in [6.07, 6.45) is 4.06. The van der Waals surface area contributed by atoms with Crippen LogP contribution in [-0.2, 0) is 5.41 Å². The minimum Gasteiger partial charge on any atom is -0.207 e. The second kappa shape index (κ2) is 4.14. The molecule has 0 radical (unpaired) electrons. The van der Waals surface area contributed by atoms with Gasteiger partial charge in [-0.3, -0.25) is 0 Å². The monoisotopic (exact) mass is 231 g/mol. The molecule has 0 aliphatic heterocycles. The molecule has 0 amide bonds. The van der Waals surface area contributed by atoms with Gasteiger partial charge in [0.1, 0.15) is 5.82 Å². The van der Waals surface area contributed by atoms with Gasteiger partial charge in [0.2, 0.25) is 0 Å². The van der Waals surface area contributed by atoms with E-state index < -0.39 is 0 Å². The van der Waals surface area contributed by atoms with Crippen LogP contribution >= 0.6 is 0 Å². The highest BCUT2D eigenvalue weighted by molar-refractivity contribution is 5.37. The van der Waals surface area contributed by atoms with Crippen molar-refractivity contribution in [2.24, 2.45) is 5.41 Å². The van der Waals surface area contributed by atoms with Crippen LogP contribution < -0.4 is 0 Å². The van der Waals surface area contributed by atoms with Crippen LogP contribution in [0.1, 0.15) is 45.1 Å². The van der Waals surface area contributed by atoms with Gasteiger partial charge in [-0.25, -0.2) is 4.39 Å². The van der Waals surface area contributed by atoms with Crippen molar-refractivity contribution in [3.05, 3.63) is 35.6 Å². The zero-order chi connectivity index (χ0) is 12.5. The lowest BCUT2D eigenvalue weighted by Gasteiger charge is -2.53. The van der Waals surface area contributed by atoms with Gasteiger partial charge in [0.05, 0.1) is 11.5 Å². The quantitative estimate of drug-likeness (QED) is 0.765. The van der Waals surface area contributed by atoms with E-state index in [2.05, 4.69) is 19.9 Å². The van der Waals surface area contributed by atoms with Gasteiger partial charge in [0, 0.05) is 0 Å². The van der Waals surface area contributed by atoms with Crippen molar-refractivity contribution in [2.75, 3.05) is 0 Å². The first-order valence-corrected chi connectivity index (χ1v) is 6.27. The topological polar surface area (TPSA) is 23.8 Å². The van der Waals surface area contributed by atoms with Gasteiger partial charge >= 0.3 is 0 Å². The number of hydrogen-bond acceptors (Lipinski definition) is 1. The summed E-state index contributed by atoms with van der Waals surface area (Å²) in [7, 11) is 0. The van der Waals surface area contributed by atoms with Gasteiger partial charge < -0.3 is 0 Å². The van der Waals surface area contributed by atoms with Crippen LogP contribution in [-0.4, -0.2) is 0 Å². The molecule has 0 bridgehead atoms. The lowest BCUT2D eigenvalue weighted by molar-refractivity contribution is 0.0479. The van der Waals surface area contributed by atoms with Crippen molar-refractivity contribution >= 4 is 0 Å². The molecular formula is C15H18FN. The Labute approximate surface area is 102 Å². The summed E-state index contributed by atoms with van der Waals surface area (Å²) in [5.74, 6) is -0.238. The third-order valence-corrected chi connectivity index (χ3v) is 4.46. The maximum Gasteiger partial charge on any atom is 0.123 e. The Kier molecular flexibility index (Phi) is 2.95. The highest BCUT2D eigenvalue weighted by Gasteiger charge is 2.53. The summed E-state index contributed by atoms with van der Waals surface area (Å²) in [4.78, 5) is 0. The van der Waals surface area contributed by atoms with E-state index in [1.54, 1.807) is 12.1 Å². The van der Waals surface area contributed by atoms with E-state index >= 15 is 0 Å². The van der Waals surface area contributed by atoms with Gasteiger partial charge in [-0.05, 0) is 36.0 Å². The smallest absolute Gasteiger partial charge is 0.123 e. The highest BCUT2D eigenvalue weighted by atomic mass is 19.1. The van der Waals surface area contributed by atoms with Crippen LogP contribution in [0.3, 0.4) is 0 Å². The van der Waals surface area contributed by atoms with Crippen molar-refractivity contribution in [1.82, 2.24) is 0 Å². The predicted molar refractivity (Wildman–Crippen MR) is 65.9 cm³/mol. The molecular weight excluding hydrogens is 213 g/mol. The second-order valence-corrected chi connectivity index (χ2v) is 5.26. The summed E-state index contributed by atoms with van der Waals surface area (Å²) >= 11 is 0. The molecule has 1 nitrogen and oxygen atoms in total. The fraction of sp³-hybridized carbons (Fsp3) is 0.533. The molecule has 0 heterocycles. The third-order valence-electron chi connectivity index (χ3n) is 4.46. The van der Waals surface area contributed by atoms with Crippen LogP contribution in [0.4, 0.5) is 4.39 Å². The van der Waals surface area contributed by atoms with E-state index in [0.29, 0.717) is 5.41 Å². The molecule has 0 atom stereocenters. The van der Waals surface area contributed by atoms with Gasteiger partial charge in [-0.2, -0.15) is 5.26 Å². The normalized spacial score (nSPS) is 20.4. The van der Waals surface area contributed by atoms with Crippen molar-refractivity contribution in [2.45, 2.75) is 44.9 Å². The Hall–Kier alpha value is -1.36. The summed E-state index contributed by atoms with van der Waals surface area (Å²) in [6, 6.07) is 8.87. The summed E-state index contributed by atoms with van der Waals surface area (Å²) < 4.78 is 12.9. The lowest BCUT2D eigenvalue weighted by Crippen LogP contribution is -2.48. The van der Waals surface area contributed by atoms with E-state index in [9.17, 15) is 9.65 Å². The zero-order valence-corrected chi connectivity index (χ0v) is 10.5. The zero-order valence-electron chi connectivity index (χ0n) is 10.5. The molecule has 90 valence electrons. The predicted octanol–water partition coefficient (Wildman–Crippen LogP) is 4.19. The van der Waals surface area contributed by atoms with Gasteiger partial charge in [-0.1, -0.05) is 38.8 Å². The van der Waals surface area contributed by atoms with E-state index in [1.807, 2.05) is 0 Å². The van der Waals surface area contributed by atoms with Crippen molar-refractivity contribution < 1.29 is 4.39 Å². The molecule has 0 unspecified atom stereocenters. The molecule has 0 N–H and O–H groups in total. The fourth-order valence-electron chi connectivity index (χ4n) is 3.10. The Morgan fingerprint density at radius 1 is 1.18 bits per heavy atom. The highest BCUT2D eigenvalue weighted by Crippen LogP contribution is 2.58. The van der Waals surface area contributed by atoms with E-state index in [4.69, 9.17) is 0 Å². The number of halogens is 1. The largest absolute Gasteiger partial charge is 0.207 e. The average Bonchev–Trinajstić information content (AvgIpc) is 2.32. The van der Waals surface area contributed by atoms with Gasteiger partial charge in [-0.15, -0.1) is 0 Å². The minimum atomic E-state index is -0.375. The van der Waals surface area contributed by atoms with E-state index in [-0.39, 0.29) is 11.2 Å². The molecule has 0 saturated heterocycles.